The fourth-order valence-corrected chi connectivity index (χ4v) is 14.2. The van der Waals surface area contributed by atoms with Crippen molar-refractivity contribution in [1.82, 2.24) is 0 Å². The van der Waals surface area contributed by atoms with Crippen LogP contribution in [0.1, 0.15) is 0 Å². The summed E-state index contributed by atoms with van der Waals surface area (Å²) in [6.45, 7) is 0.0719. The molecule has 47 heavy (non-hydrogen) atoms. The van der Waals surface area contributed by atoms with Gasteiger partial charge in [-0.3, -0.25) is 0 Å². The van der Waals surface area contributed by atoms with Crippen molar-refractivity contribution in [3.63, 3.8) is 0 Å². The van der Waals surface area contributed by atoms with Gasteiger partial charge in [0, 0.05) is 39.1 Å². The van der Waals surface area contributed by atoms with Crippen LogP contribution in [0.15, 0.2) is 170 Å². The maximum Gasteiger partial charge on any atom is 0.251 e. The van der Waals surface area contributed by atoms with Gasteiger partial charge in [-0.2, -0.15) is 0 Å². The second-order valence-electron chi connectivity index (χ2n) is 12.6. The largest absolute Gasteiger partial charge is 0.311 e. The summed E-state index contributed by atoms with van der Waals surface area (Å²) in [5.41, 5.74) is 11.2. The zero-order valence-electron chi connectivity index (χ0n) is 25.5. The van der Waals surface area contributed by atoms with Crippen molar-refractivity contribution < 1.29 is 0 Å². The Morgan fingerprint density at radius 3 is 1.23 bits per heavy atom. The highest BCUT2D eigenvalue weighted by molar-refractivity contribution is 7.27. The Hall–Kier alpha value is -5.29. The van der Waals surface area contributed by atoms with Crippen molar-refractivity contribution in [3.8, 4) is 0 Å². The average molecular weight is 635 g/mol. The van der Waals surface area contributed by atoms with Crippen LogP contribution >= 0.6 is 11.6 Å². The molecule has 0 unspecified atom stereocenters. The zero-order chi connectivity index (χ0) is 31.1. The van der Waals surface area contributed by atoms with Crippen molar-refractivity contribution in [2.24, 2.45) is 0 Å². The number of para-hydroxylation sites is 2. The summed E-state index contributed by atoms with van der Waals surface area (Å²) in [5.74, 6) is 0. The first-order chi connectivity index (χ1) is 23.3. The lowest BCUT2D eigenvalue weighted by molar-refractivity contribution is 1.25. The lowest BCUT2D eigenvalue weighted by Crippen LogP contribution is -2.88. The SMILES string of the molecule is Clc1cc2c3c(c1)N(c1ccccc1)c1cccc4c1B3c1c(cccc1[Si]4(c1ccccc1)c1ccccc1)N2c1ccccc1. The second-order valence-corrected chi connectivity index (χ2v) is 16.8. The Balaban J connectivity index is 1.43. The van der Waals surface area contributed by atoms with Gasteiger partial charge in [0.1, 0.15) is 0 Å². The van der Waals surface area contributed by atoms with Crippen molar-refractivity contribution in [2.45, 2.75) is 0 Å². The maximum atomic E-state index is 7.09. The van der Waals surface area contributed by atoms with Gasteiger partial charge < -0.3 is 9.80 Å². The van der Waals surface area contributed by atoms with E-state index < -0.39 is 8.07 Å². The highest BCUT2D eigenvalue weighted by atomic mass is 35.5. The number of rotatable bonds is 4. The molecule has 5 heteroatoms. The first-order valence-electron chi connectivity index (χ1n) is 16.2. The molecule has 0 N–H and O–H groups in total. The summed E-state index contributed by atoms with van der Waals surface area (Å²) in [5, 5.41) is 6.45. The molecule has 7 aromatic carbocycles. The van der Waals surface area contributed by atoms with E-state index in [1.54, 1.807) is 0 Å². The molecule has 3 heterocycles. The van der Waals surface area contributed by atoms with Gasteiger partial charge in [0.2, 0.25) is 0 Å². The quantitative estimate of drug-likeness (QED) is 0.216. The van der Waals surface area contributed by atoms with Crippen LogP contribution in [0.4, 0.5) is 34.1 Å². The molecule has 0 atom stereocenters. The second kappa shape index (κ2) is 10.1. The molecular formula is C42H28BClN2Si. The van der Waals surface area contributed by atoms with Crippen LogP contribution in [0.5, 0.6) is 0 Å². The molecule has 0 radical (unpaired) electrons. The third-order valence-electron chi connectivity index (χ3n) is 10.3. The molecule has 0 fully saturated rings. The smallest absolute Gasteiger partial charge is 0.251 e. The molecule has 0 saturated heterocycles. The van der Waals surface area contributed by atoms with Gasteiger partial charge in [0.25, 0.3) is 6.71 Å². The van der Waals surface area contributed by atoms with E-state index in [9.17, 15) is 0 Å². The van der Waals surface area contributed by atoms with Crippen molar-refractivity contribution in [3.05, 3.63) is 175 Å². The first kappa shape index (κ1) is 26.9. The minimum atomic E-state index is -2.81. The number of benzene rings is 7. The van der Waals surface area contributed by atoms with Gasteiger partial charge in [0.15, 0.2) is 8.07 Å². The Labute approximate surface area is 281 Å². The number of nitrogens with zero attached hydrogens (tertiary/aromatic N) is 2. The van der Waals surface area contributed by atoms with Crippen molar-refractivity contribution >= 4 is 97.6 Å². The Morgan fingerprint density at radius 1 is 0.404 bits per heavy atom. The molecule has 0 aromatic heterocycles. The fourth-order valence-electron chi connectivity index (χ4n) is 8.73. The number of anilines is 6. The van der Waals surface area contributed by atoms with E-state index in [2.05, 4.69) is 180 Å². The normalized spacial score (nSPS) is 14.5. The van der Waals surface area contributed by atoms with Crippen LogP contribution < -0.4 is 46.9 Å². The number of halogens is 1. The van der Waals surface area contributed by atoms with E-state index in [-0.39, 0.29) is 6.71 Å². The van der Waals surface area contributed by atoms with E-state index in [0.29, 0.717) is 0 Å². The maximum absolute atomic E-state index is 7.09. The van der Waals surface area contributed by atoms with Crippen LogP contribution in [0.2, 0.25) is 5.02 Å². The van der Waals surface area contributed by atoms with E-state index >= 15 is 0 Å². The summed E-state index contributed by atoms with van der Waals surface area (Å²) in [4.78, 5) is 4.91. The Bertz CT molecular complexity index is 2170. The topological polar surface area (TPSA) is 6.48 Å². The molecule has 220 valence electrons. The molecule has 0 spiro atoms. The Morgan fingerprint density at radius 2 is 0.809 bits per heavy atom. The summed E-state index contributed by atoms with van der Waals surface area (Å²) >= 11 is 7.09. The molecule has 7 aromatic rings. The molecule has 0 bridgehead atoms. The molecule has 0 aliphatic carbocycles. The van der Waals surface area contributed by atoms with Crippen LogP contribution in [0.3, 0.4) is 0 Å². The molecule has 3 aliphatic rings. The monoisotopic (exact) mass is 634 g/mol. The average Bonchev–Trinajstić information content (AvgIpc) is 3.13. The summed E-state index contributed by atoms with van der Waals surface area (Å²) in [6, 6.07) is 62.6. The van der Waals surface area contributed by atoms with Gasteiger partial charge in [-0.25, -0.2) is 0 Å². The van der Waals surface area contributed by atoms with Crippen molar-refractivity contribution in [1.29, 1.82) is 0 Å². The predicted molar refractivity (Wildman–Crippen MR) is 203 cm³/mol. The van der Waals surface area contributed by atoms with Gasteiger partial charge in [-0.05, 0) is 85.7 Å². The number of hydrogen-bond acceptors (Lipinski definition) is 2. The summed E-state index contributed by atoms with van der Waals surface area (Å²) in [7, 11) is -2.81. The Kier molecular flexibility index (Phi) is 5.78. The van der Waals surface area contributed by atoms with E-state index in [1.807, 2.05) is 0 Å². The third kappa shape index (κ3) is 3.57. The van der Waals surface area contributed by atoms with E-state index in [4.69, 9.17) is 11.6 Å². The highest BCUT2D eigenvalue weighted by Gasteiger charge is 2.56. The standard InChI is InChI=1S/C42H28BClN2Si/c44-29-27-36-40-37(28-29)46(31-17-7-2-8-18-31)35-24-14-26-39-42(35)43(40)41-34(45(36)30-15-5-1-6-16-30)23-13-25-38(41)47(39,32-19-9-3-10-20-32)33-21-11-4-12-22-33/h1-28H. The molecular weight excluding hydrogens is 607 g/mol. The minimum absolute atomic E-state index is 0.0719. The van der Waals surface area contributed by atoms with E-state index in [1.165, 1.54) is 48.5 Å². The molecule has 10 rings (SSSR count). The van der Waals surface area contributed by atoms with Gasteiger partial charge >= 0.3 is 0 Å². The predicted octanol–water partition coefficient (Wildman–Crippen LogP) is 6.11. The molecule has 0 amide bonds. The number of hydrogen-bond donors (Lipinski definition) is 0. The fraction of sp³-hybridized carbons (Fsp3) is 0. The molecule has 2 nitrogen and oxygen atoms in total. The minimum Gasteiger partial charge on any atom is -0.311 e. The molecule has 0 saturated carbocycles. The van der Waals surface area contributed by atoms with Crippen LogP contribution in [-0.2, 0) is 0 Å². The highest BCUT2D eigenvalue weighted by Crippen LogP contribution is 2.45. The molecule has 3 aliphatic heterocycles. The summed E-state index contributed by atoms with van der Waals surface area (Å²) < 4.78 is 0. The van der Waals surface area contributed by atoms with Crippen molar-refractivity contribution in [2.75, 3.05) is 9.80 Å². The van der Waals surface area contributed by atoms with Gasteiger partial charge in [-0.15, -0.1) is 0 Å². The summed E-state index contributed by atoms with van der Waals surface area (Å²) in [6.07, 6.45) is 0. The third-order valence-corrected chi connectivity index (χ3v) is 15.5. The van der Waals surface area contributed by atoms with E-state index in [0.717, 1.165) is 27.8 Å². The first-order valence-corrected chi connectivity index (χ1v) is 18.6. The zero-order valence-corrected chi connectivity index (χ0v) is 27.3. The van der Waals surface area contributed by atoms with Gasteiger partial charge in [0.05, 0.1) is 0 Å². The lowest BCUT2D eigenvalue weighted by Gasteiger charge is -2.51. The van der Waals surface area contributed by atoms with Gasteiger partial charge in [-0.1, -0.05) is 133 Å². The lowest BCUT2D eigenvalue weighted by atomic mass is 9.33. The van der Waals surface area contributed by atoms with Crippen LogP contribution in [-0.4, -0.2) is 14.8 Å². The van der Waals surface area contributed by atoms with Crippen LogP contribution in [0.25, 0.3) is 0 Å². The van der Waals surface area contributed by atoms with Crippen LogP contribution in [0, 0.1) is 0 Å².